The molecule has 8 N–H and O–H groups in total. The van der Waals surface area contributed by atoms with Crippen LogP contribution in [-0.2, 0) is 6.42 Å². The Morgan fingerprint density at radius 1 is 1.06 bits per heavy atom. The SMILES string of the molecule is CNCCN(N)/C=C(\N)CCCCCc1cnc(N)[nH]1.O=Cc1ccc(-c2ccccc2)cc1. The van der Waals surface area contributed by atoms with Gasteiger partial charge in [0, 0.05) is 36.2 Å². The van der Waals surface area contributed by atoms with Crippen molar-refractivity contribution < 1.29 is 4.79 Å². The number of hydrazine groups is 1. The highest BCUT2D eigenvalue weighted by Crippen LogP contribution is 2.18. The number of rotatable bonds is 12. The van der Waals surface area contributed by atoms with E-state index in [2.05, 4.69) is 27.4 Å². The number of aldehydes is 1. The predicted molar refractivity (Wildman–Crippen MR) is 140 cm³/mol. The van der Waals surface area contributed by atoms with Crippen LogP contribution in [0.3, 0.4) is 0 Å². The number of nitrogens with two attached hydrogens (primary N) is 3. The largest absolute Gasteiger partial charge is 0.401 e. The first-order chi connectivity index (χ1) is 16.5. The van der Waals surface area contributed by atoms with Crippen molar-refractivity contribution in [3.63, 3.8) is 0 Å². The number of nitrogen functional groups attached to an aromatic ring is 1. The number of allylic oxidation sites excluding steroid dienone is 1. The molecule has 8 nitrogen and oxygen atoms in total. The van der Waals surface area contributed by atoms with Crippen molar-refractivity contribution in [2.45, 2.75) is 32.1 Å². The Bertz CT molecular complexity index is 984. The Kier molecular flexibility index (Phi) is 12.0. The number of aromatic nitrogens is 2. The highest BCUT2D eigenvalue weighted by atomic mass is 16.1. The van der Waals surface area contributed by atoms with E-state index in [9.17, 15) is 4.79 Å². The molecule has 0 aliphatic heterocycles. The predicted octanol–water partition coefficient (Wildman–Crippen LogP) is 3.46. The molecule has 3 aromatic rings. The molecule has 182 valence electrons. The van der Waals surface area contributed by atoms with Gasteiger partial charge in [-0.25, -0.2) is 10.8 Å². The molecule has 0 aliphatic carbocycles. The maximum Gasteiger partial charge on any atom is 0.197 e. The fraction of sp³-hybridized carbons (Fsp3) is 0.308. The van der Waals surface area contributed by atoms with Crippen LogP contribution in [0.4, 0.5) is 5.95 Å². The summed E-state index contributed by atoms with van der Waals surface area (Å²) in [5, 5.41) is 4.66. The molecule has 0 spiro atoms. The van der Waals surface area contributed by atoms with Crippen molar-refractivity contribution in [2.24, 2.45) is 11.6 Å². The number of aryl methyl sites for hydroxylation is 1. The summed E-state index contributed by atoms with van der Waals surface area (Å²) in [4.78, 5) is 17.4. The molecule has 1 heterocycles. The molecule has 0 bridgehead atoms. The highest BCUT2D eigenvalue weighted by molar-refractivity contribution is 5.76. The van der Waals surface area contributed by atoms with Crippen LogP contribution in [0.25, 0.3) is 11.1 Å². The zero-order valence-electron chi connectivity index (χ0n) is 19.9. The van der Waals surface area contributed by atoms with E-state index in [0.29, 0.717) is 11.5 Å². The smallest absolute Gasteiger partial charge is 0.197 e. The molecule has 0 amide bonds. The molecule has 8 heteroatoms. The van der Waals surface area contributed by atoms with Gasteiger partial charge in [0.15, 0.2) is 5.95 Å². The molecule has 2 aromatic carbocycles. The van der Waals surface area contributed by atoms with E-state index in [0.717, 1.165) is 68.4 Å². The van der Waals surface area contributed by atoms with Crippen LogP contribution in [0.5, 0.6) is 0 Å². The lowest BCUT2D eigenvalue weighted by Gasteiger charge is -2.14. The molecular formula is C26H37N7O. The van der Waals surface area contributed by atoms with Gasteiger partial charge >= 0.3 is 0 Å². The molecule has 0 unspecified atom stereocenters. The third-order valence-electron chi connectivity index (χ3n) is 5.17. The number of H-pyrrole nitrogens is 1. The van der Waals surface area contributed by atoms with Crippen molar-refractivity contribution in [1.29, 1.82) is 0 Å². The number of hydrogen-bond donors (Lipinski definition) is 5. The maximum absolute atomic E-state index is 10.5. The standard InChI is InChI=1S/C13H27N7.C13H10O/c1-17-7-8-20(16)10-11(14)5-3-2-4-6-12-9-18-13(15)19-12;14-10-11-6-8-13(9-7-11)12-4-2-1-3-5-12/h9-10,17H,2-8,14,16H2,1H3,(H3,15,18,19);1-10H/b11-10-;. The lowest BCUT2D eigenvalue weighted by Crippen LogP contribution is -2.32. The number of nitrogens with zero attached hydrogens (tertiary/aromatic N) is 2. The number of imidazole rings is 1. The van der Waals surface area contributed by atoms with Gasteiger partial charge < -0.3 is 26.8 Å². The lowest BCUT2D eigenvalue weighted by atomic mass is 10.0. The first-order valence-corrected chi connectivity index (χ1v) is 11.5. The summed E-state index contributed by atoms with van der Waals surface area (Å²) in [5.41, 5.74) is 16.4. The summed E-state index contributed by atoms with van der Waals surface area (Å²) in [6.07, 6.45) is 9.58. The van der Waals surface area contributed by atoms with Crippen LogP contribution in [-0.4, -0.2) is 41.4 Å². The van der Waals surface area contributed by atoms with Gasteiger partial charge in [-0.2, -0.15) is 0 Å². The monoisotopic (exact) mass is 463 g/mol. The number of carbonyl (C=O) groups excluding carboxylic acids is 1. The van der Waals surface area contributed by atoms with Crippen molar-refractivity contribution in [3.05, 3.63) is 83.9 Å². The molecule has 0 atom stereocenters. The third kappa shape index (κ3) is 10.3. The maximum atomic E-state index is 10.5. The van der Waals surface area contributed by atoms with Crippen molar-refractivity contribution in [1.82, 2.24) is 20.3 Å². The average molecular weight is 464 g/mol. The van der Waals surface area contributed by atoms with Gasteiger partial charge in [0.2, 0.25) is 0 Å². The molecule has 0 aliphatic rings. The molecule has 1 aromatic heterocycles. The topological polar surface area (TPSA) is 139 Å². The van der Waals surface area contributed by atoms with E-state index in [1.54, 1.807) is 11.2 Å². The van der Waals surface area contributed by atoms with E-state index in [-0.39, 0.29) is 0 Å². The molecule has 34 heavy (non-hydrogen) atoms. The van der Waals surface area contributed by atoms with Gasteiger partial charge in [-0.15, -0.1) is 0 Å². The number of benzene rings is 2. The number of unbranched alkanes of at least 4 members (excludes halogenated alkanes) is 2. The molecule has 0 saturated heterocycles. The van der Waals surface area contributed by atoms with Gasteiger partial charge in [-0.1, -0.05) is 61.0 Å². The van der Waals surface area contributed by atoms with Gasteiger partial charge in [0.05, 0.1) is 6.20 Å². The molecule has 0 fully saturated rings. The van der Waals surface area contributed by atoms with Gasteiger partial charge in [0.25, 0.3) is 0 Å². The first-order valence-electron chi connectivity index (χ1n) is 11.5. The highest BCUT2D eigenvalue weighted by Gasteiger charge is 1.99. The van der Waals surface area contributed by atoms with Crippen LogP contribution >= 0.6 is 0 Å². The van der Waals surface area contributed by atoms with Crippen molar-refractivity contribution >= 4 is 12.2 Å². The number of aromatic amines is 1. The zero-order chi connectivity index (χ0) is 24.6. The summed E-state index contributed by atoms with van der Waals surface area (Å²) in [6, 6.07) is 17.7. The number of hydrogen-bond acceptors (Lipinski definition) is 7. The van der Waals surface area contributed by atoms with Gasteiger partial charge in [0.1, 0.15) is 6.29 Å². The van der Waals surface area contributed by atoms with Crippen LogP contribution in [0.1, 0.15) is 41.7 Å². The van der Waals surface area contributed by atoms with Gasteiger partial charge in [-0.3, -0.25) is 4.79 Å². The summed E-state index contributed by atoms with van der Waals surface area (Å²) in [6.45, 7) is 1.59. The minimum atomic E-state index is 0.483. The van der Waals surface area contributed by atoms with Crippen LogP contribution < -0.4 is 22.6 Å². The second kappa shape index (κ2) is 15.3. The fourth-order valence-corrected chi connectivity index (χ4v) is 3.29. The van der Waals surface area contributed by atoms with E-state index < -0.39 is 0 Å². The fourth-order valence-electron chi connectivity index (χ4n) is 3.29. The molecule has 3 rings (SSSR count). The van der Waals surface area contributed by atoms with E-state index in [1.165, 1.54) is 5.56 Å². The Morgan fingerprint density at radius 2 is 1.76 bits per heavy atom. The van der Waals surface area contributed by atoms with E-state index >= 15 is 0 Å². The third-order valence-corrected chi connectivity index (χ3v) is 5.17. The van der Waals surface area contributed by atoms with E-state index in [1.807, 2.05) is 55.7 Å². The van der Waals surface area contributed by atoms with Crippen LogP contribution in [0.2, 0.25) is 0 Å². The Balaban J connectivity index is 0.000000254. The number of anilines is 1. The number of nitrogens with one attached hydrogen (secondary N) is 2. The Labute approximate surface area is 202 Å². The summed E-state index contributed by atoms with van der Waals surface area (Å²) < 4.78 is 0. The summed E-state index contributed by atoms with van der Waals surface area (Å²) >= 11 is 0. The van der Waals surface area contributed by atoms with Gasteiger partial charge in [-0.05, 0) is 43.9 Å². The Hall–Kier alpha value is -3.62. The minimum Gasteiger partial charge on any atom is -0.401 e. The first kappa shape index (κ1) is 26.6. The number of likely N-dealkylation sites (N-methyl/N-ethyl adjacent to an activating group) is 1. The van der Waals surface area contributed by atoms with Crippen molar-refractivity contribution in [2.75, 3.05) is 25.9 Å². The number of carbonyl (C=O) groups is 1. The van der Waals surface area contributed by atoms with E-state index in [4.69, 9.17) is 17.3 Å². The summed E-state index contributed by atoms with van der Waals surface area (Å²) in [7, 11) is 1.90. The molecule has 0 radical (unpaired) electrons. The molecule has 0 saturated carbocycles. The Morgan fingerprint density at radius 3 is 2.38 bits per heavy atom. The van der Waals surface area contributed by atoms with Crippen molar-refractivity contribution in [3.8, 4) is 11.1 Å². The second-order valence-electron chi connectivity index (χ2n) is 8.01. The lowest BCUT2D eigenvalue weighted by molar-refractivity contribution is 0.112. The zero-order valence-corrected chi connectivity index (χ0v) is 19.9. The quantitative estimate of drug-likeness (QED) is 0.120. The van der Waals surface area contributed by atoms with Crippen LogP contribution in [0, 0.1) is 0 Å². The second-order valence-corrected chi connectivity index (χ2v) is 8.01. The minimum absolute atomic E-state index is 0.483. The molecular weight excluding hydrogens is 426 g/mol. The average Bonchev–Trinajstić information content (AvgIpc) is 3.28. The summed E-state index contributed by atoms with van der Waals surface area (Å²) in [5.74, 6) is 6.27. The van der Waals surface area contributed by atoms with Crippen LogP contribution in [0.15, 0.2) is 72.7 Å². The normalized spacial score (nSPS) is 10.9.